The van der Waals surface area contributed by atoms with Crippen LogP contribution in [0.25, 0.3) is 11.5 Å². The van der Waals surface area contributed by atoms with E-state index in [1.165, 1.54) is 0 Å². The lowest BCUT2D eigenvalue weighted by Gasteiger charge is -2.02. The summed E-state index contributed by atoms with van der Waals surface area (Å²) in [5.41, 5.74) is 1.54. The monoisotopic (exact) mass is 232 g/mol. The van der Waals surface area contributed by atoms with Gasteiger partial charge in [0.05, 0.1) is 0 Å². The van der Waals surface area contributed by atoms with Gasteiger partial charge in [-0.1, -0.05) is 25.1 Å². The van der Waals surface area contributed by atoms with Crippen LogP contribution in [-0.2, 0) is 0 Å². The summed E-state index contributed by atoms with van der Waals surface area (Å²) in [5, 5.41) is 13.6. The highest BCUT2D eigenvalue weighted by Gasteiger charge is 2.15. The molecule has 1 atom stereocenters. The zero-order valence-corrected chi connectivity index (χ0v) is 10.3. The molecule has 0 fully saturated rings. The zero-order chi connectivity index (χ0) is 12.4. The molecule has 1 aromatic heterocycles. The minimum Gasteiger partial charge on any atom is -0.508 e. The van der Waals surface area contributed by atoms with Crippen molar-refractivity contribution in [2.24, 2.45) is 0 Å². The van der Waals surface area contributed by atoms with Crippen LogP contribution in [0, 0.1) is 6.92 Å². The van der Waals surface area contributed by atoms with E-state index in [2.05, 4.69) is 24.0 Å². The van der Waals surface area contributed by atoms with Gasteiger partial charge < -0.3 is 9.63 Å². The first-order valence-corrected chi connectivity index (χ1v) is 5.76. The number of benzene rings is 1. The van der Waals surface area contributed by atoms with Gasteiger partial charge in [0, 0.05) is 17.0 Å². The van der Waals surface area contributed by atoms with Crippen LogP contribution in [0.4, 0.5) is 0 Å². The van der Waals surface area contributed by atoms with Crippen LogP contribution in [0.15, 0.2) is 22.7 Å². The second kappa shape index (κ2) is 4.57. The van der Waals surface area contributed by atoms with Crippen molar-refractivity contribution in [3.8, 4) is 17.2 Å². The van der Waals surface area contributed by atoms with Crippen LogP contribution >= 0.6 is 0 Å². The number of hydrogen-bond donors (Lipinski definition) is 1. The Hall–Kier alpha value is -1.84. The molecular formula is C13H16N2O2. The van der Waals surface area contributed by atoms with Crippen molar-refractivity contribution in [2.75, 3.05) is 0 Å². The topological polar surface area (TPSA) is 59.2 Å². The normalized spacial score (nSPS) is 12.6. The van der Waals surface area contributed by atoms with Crippen molar-refractivity contribution in [1.29, 1.82) is 0 Å². The standard InChI is InChI=1S/C13H16N2O2/c1-4-8(2)12-14-13(17-15-12)10-6-5-7-11(16)9(10)3/h5-8,16H,4H2,1-3H3. The van der Waals surface area contributed by atoms with E-state index in [1.807, 2.05) is 13.0 Å². The molecule has 0 aliphatic carbocycles. The summed E-state index contributed by atoms with van der Waals surface area (Å²) in [4.78, 5) is 4.36. The number of aromatic nitrogens is 2. The summed E-state index contributed by atoms with van der Waals surface area (Å²) in [7, 11) is 0. The van der Waals surface area contributed by atoms with Crippen LogP contribution in [-0.4, -0.2) is 15.2 Å². The van der Waals surface area contributed by atoms with Gasteiger partial charge in [-0.15, -0.1) is 0 Å². The van der Waals surface area contributed by atoms with Crippen LogP contribution < -0.4 is 0 Å². The lowest BCUT2D eigenvalue weighted by atomic mass is 10.1. The van der Waals surface area contributed by atoms with Crippen molar-refractivity contribution in [2.45, 2.75) is 33.1 Å². The van der Waals surface area contributed by atoms with Crippen molar-refractivity contribution < 1.29 is 9.63 Å². The molecule has 4 nitrogen and oxygen atoms in total. The van der Waals surface area contributed by atoms with Crippen LogP contribution in [0.1, 0.15) is 37.6 Å². The molecule has 4 heteroatoms. The van der Waals surface area contributed by atoms with E-state index in [1.54, 1.807) is 12.1 Å². The van der Waals surface area contributed by atoms with Gasteiger partial charge in [-0.05, 0) is 25.5 Å². The molecule has 2 aromatic rings. The molecule has 0 radical (unpaired) electrons. The SMILES string of the molecule is CCC(C)c1noc(-c2cccc(O)c2C)n1. The fourth-order valence-corrected chi connectivity index (χ4v) is 1.58. The summed E-state index contributed by atoms with van der Waals surface area (Å²) in [6.07, 6.45) is 0.970. The first-order chi connectivity index (χ1) is 8.13. The van der Waals surface area contributed by atoms with Gasteiger partial charge in [0.2, 0.25) is 0 Å². The molecule has 2 rings (SSSR count). The summed E-state index contributed by atoms with van der Waals surface area (Å²) in [5.74, 6) is 1.70. The molecule has 0 bridgehead atoms. The highest BCUT2D eigenvalue weighted by Crippen LogP contribution is 2.28. The Morgan fingerprint density at radius 2 is 2.18 bits per heavy atom. The zero-order valence-electron chi connectivity index (χ0n) is 10.3. The lowest BCUT2D eigenvalue weighted by molar-refractivity contribution is 0.415. The van der Waals surface area contributed by atoms with Crippen LogP contribution in [0.3, 0.4) is 0 Å². The van der Waals surface area contributed by atoms with E-state index in [9.17, 15) is 5.11 Å². The average molecular weight is 232 g/mol. The van der Waals surface area contributed by atoms with E-state index >= 15 is 0 Å². The Kier molecular flexibility index (Phi) is 3.13. The first-order valence-electron chi connectivity index (χ1n) is 5.76. The fraction of sp³-hybridized carbons (Fsp3) is 0.385. The Morgan fingerprint density at radius 3 is 2.88 bits per heavy atom. The van der Waals surface area contributed by atoms with Crippen molar-refractivity contribution in [1.82, 2.24) is 10.1 Å². The van der Waals surface area contributed by atoms with Crippen molar-refractivity contribution in [3.63, 3.8) is 0 Å². The molecular weight excluding hydrogens is 216 g/mol. The van der Waals surface area contributed by atoms with E-state index in [0.29, 0.717) is 11.7 Å². The molecule has 0 aliphatic rings. The molecule has 1 N–H and O–H groups in total. The Labute approximate surface area is 100 Å². The predicted octanol–water partition coefficient (Wildman–Crippen LogP) is 3.26. The molecule has 0 saturated heterocycles. The third-order valence-corrected chi connectivity index (χ3v) is 3.03. The second-order valence-corrected chi connectivity index (χ2v) is 4.22. The van der Waals surface area contributed by atoms with Gasteiger partial charge in [-0.2, -0.15) is 4.98 Å². The molecule has 1 unspecified atom stereocenters. The number of phenols is 1. The van der Waals surface area contributed by atoms with Gasteiger partial charge >= 0.3 is 0 Å². The number of nitrogens with zero attached hydrogens (tertiary/aromatic N) is 2. The molecule has 0 spiro atoms. The maximum absolute atomic E-state index is 9.63. The molecule has 0 amide bonds. The number of phenolic OH excluding ortho intramolecular Hbond substituents is 1. The summed E-state index contributed by atoms with van der Waals surface area (Å²) in [6, 6.07) is 5.28. The quantitative estimate of drug-likeness (QED) is 0.882. The van der Waals surface area contributed by atoms with Gasteiger partial charge in [0.25, 0.3) is 5.89 Å². The Morgan fingerprint density at radius 1 is 1.41 bits per heavy atom. The summed E-state index contributed by atoms with van der Waals surface area (Å²) < 4.78 is 5.24. The maximum Gasteiger partial charge on any atom is 0.258 e. The van der Waals surface area contributed by atoms with E-state index < -0.39 is 0 Å². The summed E-state index contributed by atoms with van der Waals surface area (Å²) >= 11 is 0. The lowest BCUT2D eigenvalue weighted by Crippen LogP contribution is -1.93. The fourth-order valence-electron chi connectivity index (χ4n) is 1.58. The van der Waals surface area contributed by atoms with E-state index in [-0.39, 0.29) is 11.7 Å². The minimum absolute atomic E-state index is 0.241. The van der Waals surface area contributed by atoms with Crippen molar-refractivity contribution in [3.05, 3.63) is 29.6 Å². The number of aromatic hydroxyl groups is 1. The number of hydrogen-bond acceptors (Lipinski definition) is 4. The van der Waals surface area contributed by atoms with Gasteiger partial charge in [-0.25, -0.2) is 0 Å². The van der Waals surface area contributed by atoms with Crippen LogP contribution in [0.2, 0.25) is 0 Å². The van der Waals surface area contributed by atoms with Gasteiger partial charge in [0.15, 0.2) is 5.82 Å². The van der Waals surface area contributed by atoms with Crippen molar-refractivity contribution >= 4 is 0 Å². The second-order valence-electron chi connectivity index (χ2n) is 4.22. The molecule has 1 heterocycles. The number of rotatable bonds is 3. The van der Waals surface area contributed by atoms with Gasteiger partial charge in [-0.3, -0.25) is 0 Å². The van der Waals surface area contributed by atoms with Crippen LogP contribution in [0.5, 0.6) is 5.75 Å². The largest absolute Gasteiger partial charge is 0.508 e. The Bertz CT molecular complexity index is 520. The Balaban J connectivity index is 2.40. The van der Waals surface area contributed by atoms with E-state index in [0.717, 1.165) is 17.5 Å². The molecule has 0 aliphatic heterocycles. The maximum atomic E-state index is 9.63. The highest BCUT2D eigenvalue weighted by atomic mass is 16.5. The summed E-state index contributed by atoms with van der Waals surface area (Å²) in [6.45, 7) is 5.97. The molecule has 90 valence electrons. The minimum atomic E-state index is 0.241. The predicted molar refractivity (Wildman–Crippen MR) is 64.8 cm³/mol. The smallest absolute Gasteiger partial charge is 0.258 e. The average Bonchev–Trinajstić information content (AvgIpc) is 2.81. The third kappa shape index (κ3) is 2.16. The molecule has 1 aromatic carbocycles. The highest BCUT2D eigenvalue weighted by molar-refractivity contribution is 5.61. The molecule has 17 heavy (non-hydrogen) atoms. The molecule has 0 saturated carbocycles. The first kappa shape index (κ1) is 11.6. The van der Waals surface area contributed by atoms with Gasteiger partial charge in [0.1, 0.15) is 5.75 Å². The van der Waals surface area contributed by atoms with E-state index in [4.69, 9.17) is 4.52 Å². The third-order valence-electron chi connectivity index (χ3n) is 3.03.